The van der Waals surface area contributed by atoms with Gasteiger partial charge in [0.1, 0.15) is 11.3 Å². The number of anilines is 3. The number of likely N-dealkylation sites (N-methyl/N-ethyl adjacent to an activating group) is 1. The Bertz CT molecular complexity index is 1160. The largest absolute Gasteiger partial charge is 0.494 e. The summed E-state index contributed by atoms with van der Waals surface area (Å²) >= 11 is 0. The van der Waals surface area contributed by atoms with Crippen molar-refractivity contribution >= 4 is 28.5 Å². The Morgan fingerprint density at radius 2 is 1.84 bits per heavy atom. The Morgan fingerprint density at radius 3 is 2.59 bits per heavy atom. The van der Waals surface area contributed by atoms with Crippen LogP contribution in [0.15, 0.2) is 35.4 Å². The average Bonchev–Trinajstić information content (AvgIpc) is 3.34. The molecule has 9 heteroatoms. The fraction of sp³-hybridized carbons (Fsp3) is 0.478. The van der Waals surface area contributed by atoms with E-state index in [2.05, 4.69) is 43.2 Å². The molecule has 1 N–H and O–H groups in total. The first-order valence-corrected chi connectivity index (χ1v) is 11.3. The Hall–Kier alpha value is -3.20. The number of piperazine rings is 1. The summed E-state index contributed by atoms with van der Waals surface area (Å²) in [6.07, 6.45) is 7.29. The van der Waals surface area contributed by atoms with Crippen molar-refractivity contribution in [1.82, 2.24) is 24.4 Å². The molecule has 0 radical (unpaired) electrons. The van der Waals surface area contributed by atoms with E-state index in [1.54, 1.807) is 17.9 Å². The van der Waals surface area contributed by atoms with E-state index < -0.39 is 0 Å². The Kier molecular flexibility index (Phi) is 5.65. The van der Waals surface area contributed by atoms with Crippen molar-refractivity contribution in [3.05, 3.63) is 40.9 Å². The van der Waals surface area contributed by atoms with E-state index >= 15 is 0 Å². The lowest BCUT2D eigenvalue weighted by Gasteiger charge is -2.34. The van der Waals surface area contributed by atoms with Gasteiger partial charge in [0, 0.05) is 44.0 Å². The number of benzene rings is 1. The second kappa shape index (κ2) is 8.74. The minimum absolute atomic E-state index is 0.108. The minimum Gasteiger partial charge on any atom is -0.494 e. The standard InChI is InChI=1S/C23H29N7O2/c1-28-9-11-29(12-10-28)17-7-8-18(20(13-17)32-2)26-23-25-14-19-22(27-23)30(21(31)15-24-19)16-5-3-4-6-16/h7-8,13-16H,3-6,9-12H2,1-2H3,(H,25,26,27). The molecule has 32 heavy (non-hydrogen) atoms. The molecule has 1 aliphatic heterocycles. The van der Waals surface area contributed by atoms with Crippen LogP contribution in [0, 0.1) is 0 Å². The lowest BCUT2D eigenvalue weighted by molar-refractivity contribution is 0.312. The SMILES string of the molecule is COc1cc(N2CCN(C)CC2)ccc1Nc1ncc2ncc(=O)n(C3CCCC3)c2n1. The maximum atomic E-state index is 12.6. The van der Waals surface area contributed by atoms with E-state index in [0.29, 0.717) is 17.1 Å². The molecule has 0 atom stereocenters. The van der Waals surface area contributed by atoms with Crippen molar-refractivity contribution in [3.63, 3.8) is 0 Å². The lowest BCUT2D eigenvalue weighted by Crippen LogP contribution is -2.44. The molecule has 3 aromatic rings. The van der Waals surface area contributed by atoms with Gasteiger partial charge >= 0.3 is 0 Å². The predicted octanol–water partition coefficient (Wildman–Crippen LogP) is 2.81. The minimum atomic E-state index is -0.108. The number of fused-ring (bicyclic) bond motifs is 1. The topological polar surface area (TPSA) is 88.4 Å². The van der Waals surface area contributed by atoms with Crippen molar-refractivity contribution in [2.24, 2.45) is 0 Å². The summed E-state index contributed by atoms with van der Waals surface area (Å²) in [5, 5.41) is 3.27. The van der Waals surface area contributed by atoms with Gasteiger partial charge in [0.15, 0.2) is 5.65 Å². The third-order valence-corrected chi connectivity index (χ3v) is 6.52. The number of nitrogens with zero attached hydrogens (tertiary/aromatic N) is 6. The van der Waals surface area contributed by atoms with Gasteiger partial charge in [0.2, 0.25) is 5.95 Å². The molecule has 2 aliphatic rings. The lowest BCUT2D eigenvalue weighted by atomic mass is 10.2. The smallest absolute Gasteiger partial charge is 0.270 e. The summed E-state index contributed by atoms with van der Waals surface area (Å²) in [7, 11) is 3.81. The van der Waals surface area contributed by atoms with E-state index in [9.17, 15) is 4.79 Å². The van der Waals surface area contributed by atoms with Crippen molar-refractivity contribution in [2.45, 2.75) is 31.7 Å². The van der Waals surface area contributed by atoms with Crippen LogP contribution in [0.2, 0.25) is 0 Å². The number of hydrogen-bond acceptors (Lipinski definition) is 8. The zero-order valence-corrected chi connectivity index (χ0v) is 18.6. The van der Waals surface area contributed by atoms with Crippen molar-refractivity contribution in [3.8, 4) is 5.75 Å². The van der Waals surface area contributed by atoms with Crippen LogP contribution in [0.4, 0.5) is 17.3 Å². The van der Waals surface area contributed by atoms with Crippen LogP contribution in [-0.4, -0.2) is 64.8 Å². The third-order valence-electron chi connectivity index (χ3n) is 6.52. The van der Waals surface area contributed by atoms with Crippen LogP contribution < -0.4 is 20.5 Å². The van der Waals surface area contributed by atoms with Gasteiger partial charge in [-0.25, -0.2) is 9.97 Å². The van der Waals surface area contributed by atoms with Gasteiger partial charge in [-0.2, -0.15) is 4.98 Å². The van der Waals surface area contributed by atoms with E-state index in [1.807, 2.05) is 12.1 Å². The highest BCUT2D eigenvalue weighted by Crippen LogP contribution is 2.33. The first-order chi connectivity index (χ1) is 15.6. The Morgan fingerprint density at radius 1 is 1.06 bits per heavy atom. The van der Waals surface area contributed by atoms with Gasteiger partial charge in [-0.05, 0) is 32.0 Å². The third kappa shape index (κ3) is 4.00. The van der Waals surface area contributed by atoms with Gasteiger partial charge in [0.25, 0.3) is 5.56 Å². The van der Waals surface area contributed by atoms with Crippen LogP contribution >= 0.6 is 0 Å². The molecule has 0 bridgehead atoms. The van der Waals surface area contributed by atoms with Gasteiger partial charge < -0.3 is 19.9 Å². The summed E-state index contributed by atoms with van der Waals surface area (Å²) in [6, 6.07) is 6.30. The van der Waals surface area contributed by atoms with Crippen molar-refractivity contribution < 1.29 is 4.74 Å². The molecule has 0 amide bonds. The summed E-state index contributed by atoms with van der Waals surface area (Å²) in [4.78, 5) is 30.6. The van der Waals surface area contributed by atoms with Crippen LogP contribution in [0.1, 0.15) is 31.7 Å². The zero-order valence-electron chi connectivity index (χ0n) is 18.6. The maximum Gasteiger partial charge on any atom is 0.270 e. The molecule has 168 valence electrons. The molecule has 5 rings (SSSR count). The van der Waals surface area contributed by atoms with E-state index in [4.69, 9.17) is 4.74 Å². The highest BCUT2D eigenvalue weighted by atomic mass is 16.5. The molecular formula is C23H29N7O2. The second-order valence-corrected chi connectivity index (χ2v) is 8.61. The average molecular weight is 436 g/mol. The number of nitrogens with one attached hydrogen (secondary N) is 1. The maximum absolute atomic E-state index is 12.6. The number of methoxy groups -OCH3 is 1. The van der Waals surface area contributed by atoms with E-state index in [0.717, 1.165) is 69.0 Å². The molecule has 2 aromatic heterocycles. The van der Waals surface area contributed by atoms with Crippen LogP contribution in [0.3, 0.4) is 0 Å². The van der Waals surface area contributed by atoms with Crippen molar-refractivity contribution in [2.75, 3.05) is 50.6 Å². The molecule has 2 fully saturated rings. The molecule has 0 unspecified atom stereocenters. The predicted molar refractivity (Wildman–Crippen MR) is 125 cm³/mol. The molecule has 3 heterocycles. The molecule has 1 aliphatic carbocycles. The monoisotopic (exact) mass is 435 g/mol. The van der Waals surface area contributed by atoms with Gasteiger partial charge in [-0.1, -0.05) is 12.8 Å². The van der Waals surface area contributed by atoms with Crippen LogP contribution in [0.25, 0.3) is 11.2 Å². The Balaban J connectivity index is 1.45. The van der Waals surface area contributed by atoms with Crippen LogP contribution in [0.5, 0.6) is 5.75 Å². The van der Waals surface area contributed by atoms with Gasteiger partial charge in [0.05, 0.1) is 25.2 Å². The number of rotatable bonds is 5. The van der Waals surface area contributed by atoms with Gasteiger partial charge in [-0.15, -0.1) is 0 Å². The molecule has 0 spiro atoms. The fourth-order valence-corrected chi connectivity index (χ4v) is 4.67. The number of hydrogen-bond donors (Lipinski definition) is 1. The quantitative estimate of drug-likeness (QED) is 0.655. The second-order valence-electron chi connectivity index (χ2n) is 8.61. The number of aromatic nitrogens is 4. The van der Waals surface area contributed by atoms with E-state index in [1.165, 1.54) is 6.20 Å². The van der Waals surface area contributed by atoms with Crippen molar-refractivity contribution in [1.29, 1.82) is 0 Å². The molecular weight excluding hydrogens is 406 g/mol. The fourth-order valence-electron chi connectivity index (χ4n) is 4.67. The summed E-state index contributed by atoms with van der Waals surface area (Å²) in [5.74, 6) is 1.15. The molecule has 9 nitrogen and oxygen atoms in total. The summed E-state index contributed by atoms with van der Waals surface area (Å²) in [6.45, 7) is 4.08. The van der Waals surface area contributed by atoms with Gasteiger partial charge in [-0.3, -0.25) is 9.36 Å². The first kappa shape index (κ1) is 20.7. The molecule has 1 saturated heterocycles. The van der Waals surface area contributed by atoms with E-state index in [-0.39, 0.29) is 11.6 Å². The highest BCUT2D eigenvalue weighted by molar-refractivity contribution is 5.73. The molecule has 1 saturated carbocycles. The summed E-state index contributed by atoms with van der Waals surface area (Å²) in [5.41, 5.74) is 3.01. The van der Waals surface area contributed by atoms with Crippen LogP contribution in [-0.2, 0) is 0 Å². The zero-order chi connectivity index (χ0) is 22.1. The Labute approximate surface area is 187 Å². The first-order valence-electron chi connectivity index (χ1n) is 11.3. The number of ether oxygens (including phenoxy) is 1. The normalized spacial score (nSPS) is 17.8. The highest BCUT2D eigenvalue weighted by Gasteiger charge is 2.21. The molecule has 1 aromatic carbocycles. The summed E-state index contributed by atoms with van der Waals surface area (Å²) < 4.78 is 7.45.